The molecule has 2 rings (SSSR count). The molecule has 0 radical (unpaired) electrons. The Kier molecular flexibility index (Phi) is 3.74. The highest BCUT2D eigenvalue weighted by atomic mass is 16.1. The van der Waals surface area contributed by atoms with Gasteiger partial charge in [-0.1, -0.05) is 24.6 Å². The minimum absolute atomic E-state index is 0.0380. The second kappa shape index (κ2) is 5.31. The Morgan fingerprint density at radius 3 is 2.47 bits per heavy atom. The molecule has 19 heavy (non-hydrogen) atoms. The third kappa shape index (κ3) is 2.70. The van der Waals surface area contributed by atoms with Gasteiger partial charge in [0.25, 0.3) is 0 Å². The molecule has 0 bridgehead atoms. The molecule has 1 heterocycles. The van der Waals surface area contributed by atoms with Crippen molar-refractivity contribution in [1.82, 2.24) is 10.2 Å². The molecule has 98 valence electrons. The maximum absolute atomic E-state index is 12.7. The zero-order valence-corrected chi connectivity index (χ0v) is 11.8. The maximum Gasteiger partial charge on any atom is 0.195 e. The van der Waals surface area contributed by atoms with Crippen LogP contribution in [0, 0.1) is 20.8 Å². The number of carbonyl (C=O) groups is 1. The lowest BCUT2D eigenvalue weighted by Gasteiger charge is -2.09. The van der Waals surface area contributed by atoms with E-state index in [0.717, 1.165) is 28.1 Å². The fraction of sp³-hybridized carbons (Fsp3) is 0.312. The van der Waals surface area contributed by atoms with Gasteiger partial charge in [-0.3, -0.25) is 4.79 Å². The summed E-state index contributed by atoms with van der Waals surface area (Å²) in [5.41, 5.74) is 5.03. The minimum atomic E-state index is 0.0380. The average Bonchev–Trinajstić information content (AvgIpc) is 2.40. The highest BCUT2D eigenvalue weighted by molar-refractivity contribution is 6.10. The Bertz CT molecular complexity index is 633. The Morgan fingerprint density at radius 2 is 1.79 bits per heavy atom. The first kappa shape index (κ1) is 13.4. The second-order valence-corrected chi connectivity index (χ2v) is 4.85. The zero-order chi connectivity index (χ0) is 14.0. The Balaban J connectivity index is 2.55. The number of hydrogen-bond acceptors (Lipinski definition) is 3. The smallest absolute Gasteiger partial charge is 0.195 e. The minimum Gasteiger partial charge on any atom is -0.289 e. The van der Waals surface area contributed by atoms with E-state index in [2.05, 4.69) is 10.2 Å². The van der Waals surface area contributed by atoms with Crippen LogP contribution in [0.5, 0.6) is 0 Å². The first-order valence-electron chi connectivity index (χ1n) is 6.48. The van der Waals surface area contributed by atoms with E-state index in [0.29, 0.717) is 12.0 Å². The van der Waals surface area contributed by atoms with Gasteiger partial charge in [0.1, 0.15) is 0 Å². The van der Waals surface area contributed by atoms with E-state index < -0.39 is 0 Å². The van der Waals surface area contributed by atoms with Crippen LogP contribution in [0.4, 0.5) is 0 Å². The highest BCUT2D eigenvalue weighted by Crippen LogP contribution is 2.18. The molecule has 1 aromatic heterocycles. The largest absolute Gasteiger partial charge is 0.289 e. The van der Waals surface area contributed by atoms with E-state index in [9.17, 15) is 4.79 Å². The molecule has 0 atom stereocenters. The molecule has 3 nitrogen and oxygen atoms in total. The lowest BCUT2D eigenvalue weighted by molar-refractivity contribution is 0.103. The van der Waals surface area contributed by atoms with Crippen molar-refractivity contribution in [2.75, 3.05) is 0 Å². The number of carbonyl (C=O) groups excluding carboxylic acids is 1. The van der Waals surface area contributed by atoms with Crippen molar-refractivity contribution in [3.63, 3.8) is 0 Å². The Morgan fingerprint density at radius 1 is 1.05 bits per heavy atom. The summed E-state index contributed by atoms with van der Waals surface area (Å²) in [6, 6.07) is 7.77. The summed E-state index contributed by atoms with van der Waals surface area (Å²) in [4.78, 5) is 12.7. The summed E-state index contributed by atoms with van der Waals surface area (Å²) in [6.07, 6.45) is 0.708. The molecular weight excluding hydrogens is 236 g/mol. The number of ketones is 1. The molecule has 1 aromatic carbocycles. The van der Waals surface area contributed by atoms with Crippen molar-refractivity contribution in [2.45, 2.75) is 34.1 Å². The maximum atomic E-state index is 12.7. The van der Waals surface area contributed by atoms with Gasteiger partial charge in [-0.25, -0.2) is 0 Å². The van der Waals surface area contributed by atoms with Crippen LogP contribution in [0.25, 0.3) is 0 Å². The van der Waals surface area contributed by atoms with Gasteiger partial charge in [-0.2, -0.15) is 10.2 Å². The SMILES string of the molecule is CCc1nnc(C)cc1C(=O)c1cc(C)ccc1C. The third-order valence-corrected chi connectivity index (χ3v) is 3.21. The van der Waals surface area contributed by atoms with Crippen LogP contribution < -0.4 is 0 Å². The van der Waals surface area contributed by atoms with Gasteiger partial charge in [0, 0.05) is 11.1 Å². The molecule has 0 saturated carbocycles. The van der Waals surface area contributed by atoms with E-state index in [4.69, 9.17) is 0 Å². The van der Waals surface area contributed by atoms with Gasteiger partial charge >= 0.3 is 0 Å². The first-order chi connectivity index (χ1) is 9.02. The molecule has 0 N–H and O–H groups in total. The Labute approximate surface area is 113 Å². The predicted octanol–water partition coefficient (Wildman–Crippen LogP) is 3.20. The van der Waals surface area contributed by atoms with Crippen molar-refractivity contribution in [3.05, 3.63) is 57.9 Å². The van der Waals surface area contributed by atoms with Crippen LogP contribution in [0.2, 0.25) is 0 Å². The molecule has 2 aromatic rings. The molecule has 3 heteroatoms. The molecule has 0 fully saturated rings. The van der Waals surface area contributed by atoms with E-state index >= 15 is 0 Å². The number of benzene rings is 1. The van der Waals surface area contributed by atoms with Gasteiger partial charge < -0.3 is 0 Å². The number of nitrogens with zero attached hydrogens (tertiary/aromatic N) is 2. The molecule has 0 aliphatic heterocycles. The van der Waals surface area contributed by atoms with Gasteiger partial charge in [0.05, 0.1) is 11.4 Å². The van der Waals surface area contributed by atoms with Crippen molar-refractivity contribution in [3.8, 4) is 0 Å². The summed E-state index contributed by atoms with van der Waals surface area (Å²) in [5.74, 6) is 0.0380. The predicted molar refractivity (Wildman–Crippen MR) is 75.5 cm³/mol. The van der Waals surface area contributed by atoms with E-state index in [-0.39, 0.29) is 5.78 Å². The third-order valence-electron chi connectivity index (χ3n) is 3.21. The standard InChI is InChI=1S/C16H18N2O/c1-5-15-14(9-12(4)17-18-15)16(19)13-8-10(2)6-7-11(13)3/h6-9H,5H2,1-4H3. The lowest BCUT2D eigenvalue weighted by Crippen LogP contribution is -2.10. The average molecular weight is 254 g/mol. The lowest BCUT2D eigenvalue weighted by atomic mass is 9.96. The van der Waals surface area contributed by atoms with Gasteiger partial charge in [-0.15, -0.1) is 0 Å². The van der Waals surface area contributed by atoms with Crippen LogP contribution >= 0.6 is 0 Å². The number of aryl methyl sites for hydroxylation is 4. The normalized spacial score (nSPS) is 10.5. The van der Waals surface area contributed by atoms with E-state index in [1.54, 1.807) is 0 Å². The molecule has 0 saturated heterocycles. The Hall–Kier alpha value is -2.03. The number of rotatable bonds is 3. The fourth-order valence-electron chi connectivity index (χ4n) is 2.10. The van der Waals surface area contributed by atoms with Crippen LogP contribution in [-0.4, -0.2) is 16.0 Å². The van der Waals surface area contributed by atoms with E-state index in [1.165, 1.54) is 0 Å². The molecular formula is C16H18N2O. The van der Waals surface area contributed by atoms with Crippen molar-refractivity contribution in [2.24, 2.45) is 0 Å². The van der Waals surface area contributed by atoms with Gasteiger partial charge in [0.15, 0.2) is 5.78 Å². The summed E-state index contributed by atoms with van der Waals surface area (Å²) in [5, 5.41) is 8.15. The first-order valence-corrected chi connectivity index (χ1v) is 6.48. The molecule has 0 unspecified atom stereocenters. The monoisotopic (exact) mass is 254 g/mol. The summed E-state index contributed by atoms with van der Waals surface area (Å²) >= 11 is 0. The van der Waals surface area contributed by atoms with Crippen molar-refractivity contribution < 1.29 is 4.79 Å². The fourth-order valence-corrected chi connectivity index (χ4v) is 2.10. The quantitative estimate of drug-likeness (QED) is 0.790. The molecule has 0 aliphatic rings. The van der Waals surface area contributed by atoms with Crippen LogP contribution in [-0.2, 0) is 6.42 Å². The topological polar surface area (TPSA) is 42.9 Å². The zero-order valence-electron chi connectivity index (χ0n) is 11.8. The van der Waals surface area contributed by atoms with Crippen LogP contribution in [0.3, 0.4) is 0 Å². The highest BCUT2D eigenvalue weighted by Gasteiger charge is 2.16. The second-order valence-electron chi connectivity index (χ2n) is 4.85. The van der Waals surface area contributed by atoms with Crippen molar-refractivity contribution in [1.29, 1.82) is 0 Å². The van der Waals surface area contributed by atoms with Crippen LogP contribution in [0.1, 0.15) is 45.4 Å². The van der Waals surface area contributed by atoms with Crippen molar-refractivity contribution >= 4 is 5.78 Å². The van der Waals surface area contributed by atoms with Gasteiger partial charge in [0.2, 0.25) is 0 Å². The van der Waals surface area contributed by atoms with Gasteiger partial charge in [-0.05, 0) is 44.9 Å². The summed E-state index contributed by atoms with van der Waals surface area (Å²) in [7, 11) is 0. The molecule has 0 spiro atoms. The molecule has 0 amide bonds. The van der Waals surface area contributed by atoms with E-state index in [1.807, 2.05) is 52.0 Å². The summed E-state index contributed by atoms with van der Waals surface area (Å²) in [6.45, 7) is 7.79. The molecule has 0 aliphatic carbocycles. The summed E-state index contributed by atoms with van der Waals surface area (Å²) < 4.78 is 0. The number of aromatic nitrogens is 2. The number of hydrogen-bond donors (Lipinski definition) is 0. The van der Waals surface area contributed by atoms with Crippen LogP contribution in [0.15, 0.2) is 24.3 Å².